The van der Waals surface area contributed by atoms with Crippen molar-refractivity contribution in [2.75, 3.05) is 37.7 Å². The molecule has 1 aliphatic rings. The summed E-state index contributed by atoms with van der Waals surface area (Å²) in [6.07, 6.45) is 0. The average molecular weight is 263 g/mol. The Morgan fingerprint density at radius 1 is 1.41 bits per heavy atom. The minimum atomic E-state index is -2.88. The first-order valence-corrected chi connectivity index (χ1v) is 7.59. The van der Waals surface area contributed by atoms with Crippen molar-refractivity contribution in [2.24, 2.45) is 5.73 Å². The van der Waals surface area contributed by atoms with E-state index >= 15 is 0 Å². The van der Waals surface area contributed by atoms with Crippen molar-refractivity contribution >= 4 is 15.7 Å². The van der Waals surface area contributed by atoms with Crippen molar-refractivity contribution in [1.29, 1.82) is 0 Å². The summed E-state index contributed by atoms with van der Waals surface area (Å²) in [5, 5.41) is 3.06. The predicted molar refractivity (Wildman–Crippen MR) is 66.4 cm³/mol. The van der Waals surface area contributed by atoms with E-state index in [1.807, 2.05) is 11.8 Å². The molecule has 0 aliphatic carbocycles. The number of rotatable bonds is 5. The maximum Gasteiger partial charge on any atom is 0.238 e. The minimum absolute atomic E-state index is 0.161. The second-order valence-electron chi connectivity index (χ2n) is 4.65. The van der Waals surface area contributed by atoms with Gasteiger partial charge in [0.15, 0.2) is 9.84 Å². The molecule has 1 fully saturated rings. The zero-order valence-electron chi connectivity index (χ0n) is 10.4. The van der Waals surface area contributed by atoms with Gasteiger partial charge in [-0.15, -0.1) is 0 Å². The van der Waals surface area contributed by atoms with Gasteiger partial charge in [0, 0.05) is 19.6 Å². The number of primary amides is 1. The van der Waals surface area contributed by atoms with Crippen LogP contribution in [-0.4, -0.2) is 62.4 Å². The van der Waals surface area contributed by atoms with Crippen LogP contribution in [0.25, 0.3) is 0 Å². The van der Waals surface area contributed by atoms with Crippen LogP contribution in [0.2, 0.25) is 0 Å². The van der Waals surface area contributed by atoms with E-state index in [9.17, 15) is 13.2 Å². The lowest BCUT2D eigenvalue weighted by molar-refractivity contribution is -0.124. The molecule has 1 atom stereocenters. The fourth-order valence-corrected chi connectivity index (χ4v) is 3.24. The molecule has 7 heteroatoms. The summed E-state index contributed by atoms with van der Waals surface area (Å²) in [5.41, 5.74) is 4.59. The van der Waals surface area contributed by atoms with E-state index in [1.54, 1.807) is 6.92 Å². The second kappa shape index (κ2) is 5.32. The minimum Gasteiger partial charge on any atom is -0.368 e. The zero-order chi connectivity index (χ0) is 13.1. The Balaban J connectivity index is 2.61. The Morgan fingerprint density at radius 3 is 2.35 bits per heavy atom. The van der Waals surface area contributed by atoms with Gasteiger partial charge in [-0.1, -0.05) is 6.92 Å². The highest BCUT2D eigenvalue weighted by Gasteiger charge is 2.34. The molecule has 1 heterocycles. The first-order valence-electron chi connectivity index (χ1n) is 5.77. The maximum atomic E-state index is 11.4. The molecule has 0 bridgehead atoms. The highest BCUT2D eigenvalue weighted by molar-refractivity contribution is 7.91. The Labute approximate surface area is 102 Å². The number of carbonyl (C=O) groups is 1. The largest absolute Gasteiger partial charge is 0.368 e. The molecule has 6 nitrogen and oxygen atoms in total. The van der Waals surface area contributed by atoms with Crippen LogP contribution in [0.4, 0.5) is 0 Å². The van der Waals surface area contributed by atoms with Crippen LogP contribution >= 0.6 is 0 Å². The summed E-state index contributed by atoms with van der Waals surface area (Å²) in [4.78, 5) is 13.4. The Hall–Kier alpha value is -0.660. The first-order chi connectivity index (χ1) is 7.79. The molecule has 1 amide bonds. The third-order valence-electron chi connectivity index (χ3n) is 3.09. The Bertz CT molecular complexity index is 368. The van der Waals surface area contributed by atoms with E-state index < -0.39 is 21.3 Å². The van der Waals surface area contributed by atoms with Gasteiger partial charge < -0.3 is 11.1 Å². The van der Waals surface area contributed by atoms with Gasteiger partial charge in [-0.3, -0.25) is 9.69 Å². The Morgan fingerprint density at radius 2 is 1.94 bits per heavy atom. The van der Waals surface area contributed by atoms with Crippen molar-refractivity contribution in [1.82, 2.24) is 10.2 Å². The number of sulfone groups is 1. The third-order valence-corrected chi connectivity index (χ3v) is 4.70. The van der Waals surface area contributed by atoms with Crippen molar-refractivity contribution < 1.29 is 13.2 Å². The van der Waals surface area contributed by atoms with E-state index in [0.29, 0.717) is 26.2 Å². The molecule has 17 heavy (non-hydrogen) atoms. The number of likely N-dealkylation sites (N-methyl/N-ethyl adjacent to an activating group) is 1. The topological polar surface area (TPSA) is 92.5 Å². The molecule has 3 N–H and O–H groups in total. The van der Waals surface area contributed by atoms with Crippen molar-refractivity contribution in [3.05, 3.63) is 0 Å². The van der Waals surface area contributed by atoms with Gasteiger partial charge in [0.1, 0.15) is 5.54 Å². The lowest BCUT2D eigenvalue weighted by Gasteiger charge is -2.35. The Kier molecular flexibility index (Phi) is 4.51. The monoisotopic (exact) mass is 263 g/mol. The van der Waals surface area contributed by atoms with E-state index in [1.165, 1.54) is 0 Å². The molecule has 0 saturated carbocycles. The number of nitrogens with one attached hydrogen (secondary N) is 1. The number of nitrogens with two attached hydrogens (primary N) is 1. The third kappa shape index (κ3) is 3.93. The number of nitrogens with zero attached hydrogens (tertiary/aromatic N) is 1. The predicted octanol–water partition coefficient (Wildman–Crippen LogP) is -1.43. The van der Waals surface area contributed by atoms with Crippen molar-refractivity contribution in [3.8, 4) is 0 Å². The average Bonchev–Trinajstić information content (AvgIpc) is 2.21. The summed E-state index contributed by atoms with van der Waals surface area (Å²) in [7, 11) is -2.88. The molecule has 1 aliphatic heterocycles. The lowest BCUT2D eigenvalue weighted by Crippen LogP contribution is -2.61. The molecule has 0 spiro atoms. The van der Waals surface area contributed by atoms with Crippen LogP contribution in [0, 0.1) is 0 Å². The highest BCUT2D eigenvalue weighted by atomic mass is 32.2. The van der Waals surface area contributed by atoms with Gasteiger partial charge in [0.05, 0.1) is 11.5 Å². The van der Waals surface area contributed by atoms with Gasteiger partial charge in [-0.25, -0.2) is 8.42 Å². The van der Waals surface area contributed by atoms with Crippen LogP contribution < -0.4 is 11.1 Å². The van der Waals surface area contributed by atoms with Crippen molar-refractivity contribution in [3.63, 3.8) is 0 Å². The molecule has 0 aromatic heterocycles. The SMILES string of the molecule is CCNC(C)(CN1CCS(=O)(=O)CC1)C(N)=O. The molecular formula is C10H21N3O3S. The summed E-state index contributed by atoms with van der Waals surface area (Å²) in [5.74, 6) is -0.0881. The van der Waals surface area contributed by atoms with Crippen LogP contribution in [0.1, 0.15) is 13.8 Å². The maximum absolute atomic E-state index is 11.4. The lowest BCUT2D eigenvalue weighted by atomic mass is 10.0. The quantitative estimate of drug-likeness (QED) is 0.634. The second-order valence-corrected chi connectivity index (χ2v) is 6.96. The first kappa shape index (κ1) is 14.4. The van der Waals surface area contributed by atoms with Gasteiger partial charge in [-0.05, 0) is 13.5 Å². The molecule has 0 radical (unpaired) electrons. The van der Waals surface area contributed by atoms with Crippen LogP contribution in [0.5, 0.6) is 0 Å². The summed E-state index contributed by atoms with van der Waals surface area (Å²) in [6.45, 7) is 5.69. The standard InChI is InChI=1S/C10H21N3O3S/c1-3-12-10(2,9(11)14)8-13-4-6-17(15,16)7-5-13/h12H,3-8H2,1-2H3,(H2,11,14). The molecular weight excluding hydrogens is 242 g/mol. The van der Waals surface area contributed by atoms with E-state index in [-0.39, 0.29) is 11.5 Å². The van der Waals surface area contributed by atoms with Gasteiger partial charge in [0.25, 0.3) is 0 Å². The number of hydrogen-bond acceptors (Lipinski definition) is 5. The van der Waals surface area contributed by atoms with Crippen molar-refractivity contribution in [2.45, 2.75) is 19.4 Å². The van der Waals surface area contributed by atoms with Gasteiger partial charge in [0.2, 0.25) is 5.91 Å². The summed E-state index contributed by atoms with van der Waals surface area (Å²) in [6, 6.07) is 0. The van der Waals surface area contributed by atoms with Crippen LogP contribution in [0.3, 0.4) is 0 Å². The van der Waals surface area contributed by atoms with Gasteiger partial charge in [-0.2, -0.15) is 0 Å². The zero-order valence-corrected chi connectivity index (χ0v) is 11.2. The van der Waals surface area contributed by atoms with E-state index in [4.69, 9.17) is 5.73 Å². The number of carbonyl (C=O) groups excluding carboxylic acids is 1. The van der Waals surface area contributed by atoms with E-state index in [2.05, 4.69) is 5.32 Å². The normalized spacial score (nSPS) is 24.1. The fourth-order valence-electron chi connectivity index (χ4n) is 1.97. The number of amides is 1. The molecule has 1 unspecified atom stereocenters. The van der Waals surface area contributed by atoms with Crippen LogP contribution in [0.15, 0.2) is 0 Å². The summed E-state index contributed by atoms with van der Waals surface area (Å²) >= 11 is 0. The molecule has 1 rings (SSSR count). The molecule has 1 saturated heterocycles. The fraction of sp³-hybridized carbons (Fsp3) is 0.900. The molecule has 100 valence electrons. The van der Waals surface area contributed by atoms with E-state index in [0.717, 1.165) is 0 Å². The van der Waals surface area contributed by atoms with Gasteiger partial charge >= 0.3 is 0 Å². The molecule has 0 aromatic carbocycles. The number of hydrogen-bond donors (Lipinski definition) is 2. The highest BCUT2D eigenvalue weighted by Crippen LogP contribution is 2.10. The van der Waals surface area contributed by atoms with Crippen LogP contribution in [-0.2, 0) is 14.6 Å². The molecule has 0 aromatic rings. The smallest absolute Gasteiger partial charge is 0.238 e. The summed E-state index contributed by atoms with van der Waals surface area (Å²) < 4.78 is 22.6.